The number of carboxylic acid groups (broad SMARTS) is 1. The molecule has 0 amide bonds. The van der Waals surface area contributed by atoms with Crippen LogP contribution in [0.25, 0.3) is 22.2 Å². The Bertz CT molecular complexity index is 1280. The highest BCUT2D eigenvalue weighted by atomic mass is 16.5. The lowest BCUT2D eigenvalue weighted by molar-refractivity contribution is 0.0690. The number of aromatic nitrogens is 5. The van der Waals surface area contributed by atoms with Gasteiger partial charge in [-0.2, -0.15) is 10.1 Å². The number of hydrogen-bond donors (Lipinski definition) is 2. The van der Waals surface area contributed by atoms with E-state index >= 15 is 0 Å². The number of carboxylic acids is 1. The summed E-state index contributed by atoms with van der Waals surface area (Å²) >= 11 is 0. The van der Waals surface area contributed by atoms with E-state index in [0.717, 1.165) is 22.2 Å². The van der Waals surface area contributed by atoms with Gasteiger partial charge >= 0.3 is 5.97 Å². The van der Waals surface area contributed by atoms with Crippen LogP contribution < -0.4 is 10.2 Å². The molecule has 1 aromatic carbocycles. The second kappa shape index (κ2) is 8.23. The topological polar surface area (TPSA) is 118 Å². The zero-order valence-electron chi connectivity index (χ0n) is 17.4. The molecule has 0 unspecified atom stereocenters. The first kappa shape index (κ1) is 19.9. The van der Waals surface area contributed by atoms with E-state index in [1.807, 2.05) is 36.1 Å². The van der Waals surface area contributed by atoms with Crippen molar-refractivity contribution in [3.8, 4) is 11.3 Å². The Labute approximate surface area is 183 Å². The van der Waals surface area contributed by atoms with Gasteiger partial charge in [0.1, 0.15) is 11.5 Å². The number of anilines is 3. The van der Waals surface area contributed by atoms with Gasteiger partial charge in [-0.3, -0.25) is 4.68 Å². The molecule has 0 spiro atoms. The van der Waals surface area contributed by atoms with Gasteiger partial charge in [0.15, 0.2) is 0 Å². The van der Waals surface area contributed by atoms with Crippen LogP contribution in [0.1, 0.15) is 10.5 Å². The second-order valence-electron chi connectivity index (χ2n) is 7.44. The monoisotopic (exact) mass is 431 g/mol. The van der Waals surface area contributed by atoms with E-state index < -0.39 is 5.97 Å². The molecule has 10 nitrogen and oxygen atoms in total. The van der Waals surface area contributed by atoms with Gasteiger partial charge in [0.2, 0.25) is 5.95 Å². The highest BCUT2D eigenvalue weighted by Gasteiger charge is 2.17. The van der Waals surface area contributed by atoms with Gasteiger partial charge < -0.3 is 20.1 Å². The summed E-state index contributed by atoms with van der Waals surface area (Å²) in [6.07, 6.45) is 3.30. The number of aryl methyl sites for hydroxylation is 1. The molecule has 4 heterocycles. The van der Waals surface area contributed by atoms with Crippen molar-refractivity contribution in [2.75, 3.05) is 36.5 Å². The molecule has 0 saturated carbocycles. The lowest BCUT2D eigenvalue weighted by atomic mass is 10.1. The average Bonchev–Trinajstić information content (AvgIpc) is 3.20. The third kappa shape index (κ3) is 3.95. The highest BCUT2D eigenvalue weighted by molar-refractivity contribution is 5.86. The molecular weight excluding hydrogens is 410 g/mol. The first-order chi connectivity index (χ1) is 15.6. The normalized spacial score (nSPS) is 14.0. The fourth-order valence-corrected chi connectivity index (χ4v) is 3.62. The molecule has 0 aliphatic carbocycles. The molecule has 0 atom stereocenters. The Morgan fingerprint density at radius 1 is 1.09 bits per heavy atom. The largest absolute Gasteiger partial charge is 0.477 e. The summed E-state index contributed by atoms with van der Waals surface area (Å²) in [7, 11) is 1.91. The predicted molar refractivity (Wildman–Crippen MR) is 119 cm³/mol. The number of carbonyl (C=O) groups is 1. The van der Waals surface area contributed by atoms with E-state index in [2.05, 4.69) is 31.3 Å². The molecule has 0 radical (unpaired) electrons. The number of hydrogen-bond acceptors (Lipinski definition) is 8. The molecule has 1 aliphatic rings. The van der Waals surface area contributed by atoms with Crippen LogP contribution in [0.4, 0.5) is 17.5 Å². The van der Waals surface area contributed by atoms with Crippen molar-refractivity contribution in [3.63, 3.8) is 0 Å². The number of morpholine rings is 1. The number of ether oxygens (including phenoxy) is 1. The van der Waals surface area contributed by atoms with Gasteiger partial charge in [-0.25, -0.2) is 14.8 Å². The molecule has 1 fully saturated rings. The molecule has 1 aliphatic heterocycles. The van der Waals surface area contributed by atoms with Crippen molar-refractivity contribution in [1.29, 1.82) is 0 Å². The number of nitrogens with one attached hydrogen (secondary N) is 1. The first-order valence-corrected chi connectivity index (χ1v) is 10.2. The molecule has 10 heteroatoms. The van der Waals surface area contributed by atoms with Gasteiger partial charge in [-0.15, -0.1) is 0 Å². The minimum Gasteiger partial charge on any atom is -0.477 e. The summed E-state index contributed by atoms with van der Waals surface area (Å²) in [5, 5.41) is 17.6. The molecule has 4 aromatic rings. The van der Waals surface area contributed by atoms with E-state index in [9.17, 15) is 4.79 Å². The van der Waals surface area contributed by atoms with E-state index in [1.54, 1.807) is 6.07 Å². The predicted octanol–water partition coefficient (Wildman–Crippen LogP) is 2.70. The Kier molecular flexibility index (Phi) is 5.12. The summed E-state index contributed by atoms with van der Waals surface area (Å²) in [5.74, 6) is 0.128. The van der Waals surface area contributed by atoms with Crippen LogP contribution in [-0.4, -0.2) is 62.1 Å². The molecule has 3 aromatic heterocycles. The average molecular weight is 431 g/mol. The maximum Gasteiger partial charge on any atom is 0.354 e. The van der Waals surface area contributed by atoms with E-state index in [1.165, 1.54) is 12.3 Å². The fraction of sp³-hybridized carbons (Fsp3) is 0.227. The lowest BCUT2D eigenvalue weighted by Crippen LogP contribution is -2.37. The van der Waals surface area contributed by atoms with Crippen LogP contribution in [0.3, 0.4) is 0 Å². The van der Waals surface area contributed by atoms with E-state index in [4.69, 9.17) is 14.8 Å². The van der Waals surface area contributed by atoms with Crippen molar-refractivity contribution < 1.29 is 14.6 Å². The third-order valence-electron chi connectivity index (χ3n) is 5.31. The van der Waals surface area contributed by atoms with Crippen LogP contribution in [0.2, 0.25) is 0 Å². The molecule has 32 heavy (non-hydrogen) atoms. The molecule has 0 bridgehead atoms. The minimum absolute atomic E-state index is 0.0160. The summed E-state index contributed by atoms with van der Waals surface area (Å²) in [4.78, 5) is 26.6. The van der Waals surface area contributed by atoms with Crippen LogP contribution in [0.5, 0.6) is 0 Å². The van der Waals surface area contributed by atoms with Crippen LogP contribution in [0, 0.1) is 0 Å². The lowest BCUT2D eigenvalue weighted by Gasteiger charge is -2.27. The summed E-state index contributed by atoms with van der Waals surface area (Å²) in [6, 6.07) is 11.1. The quantitative estimate of drug-likeness (QED) is 0.492. The van der Waals surface area contributed by atoms with Gasteiger partial charge in [-0.05, 0) is 24.3 Å². The van der Waals surface area contributed by atoms with Crippen molar-refractivity contribution in [2.24, 2.45) is 7.05 Å². The smallest absolute Gasteiger partial charge is 0.354 e. The van der Waals surface area contributed by atoms with Crippen molar-refractivity contribution in [2.45, 2.75) is 0 Å². The van der Waals surface area contributed by atoms with E-state index in [-0.39, 0.29) is 5.69 Å². The van der Waals surface area contributed by atoms with E-state index in [0.29, 0.717) is 43.8 Å². The van der Waals surface area contributed by atoms with Gasteiger partial charge in [0.05, 0.1) is 42.5 Å². The number of nitrogens with zero attached hydrogens (tertiary/aromatic N) is 6. The maximum atomic E-state index is 11.1. The van der Waals surface area contributed by atoms with Gasteiger partial charge in [0, 0.05) is 37.2 Å². The fourth-order valence-electron chi connectivity index (χ4n) is 3.62. The van der Waals surface area contributed by atoms with Gasteiger partial charge in [0.25, 0.3) is 0 Å². The third-order valence-corrected chi connectivity index (χ3v) is 5.31. The maximum absolute atomic E-state index is 11.1. The van der Waals surface area contributed by atoms with Gasteiger partial charge in [-0.1, -0.05) is 6.07 Å². The standard InChI is InChI=1S/C22H21N7O3/c1-28-19-5-2-14(10-15(19)12-24-28)18-11-20(25-16-3-4-17(21(30)31)23-13-16)27-22(26-18)29-6-8-32-9-7-29/h2-5,10-13H,6-9H2,1H3,(H,30,31)(H,25,26,27). The van der Waals surface area contributed by atoms with Crippen LogP contribution in [-0.2, 0) is 11.8 Å². The van der Waals surface area contributed by atoms with Crippen molar-refractivity contribution in [3.05, 3.63) is 54.5 Å². The van der Waals surface area contributed by atoms with Crippen molar-refractivity contribution >= 4 is 34.3 Å². The molecule has 5 rings (SSSR count). The molecule has 1 saturated heterocycles. The Hall–Kier alpha value is -4.05. The van der Waals surface area contributed by atoms with Crippen LogP contribution in [0.15, 0.2) is 48.8 Å². The molecule has 2 N–H and O–H groups in total. The first-order valence-electron chi connectivity index (χ1n) is 10.2. The Morgan fingerprint density at radius 2 is 1.94 bits per heavy atom. The second-order valence-corrected chi connectivity index (χ2v) is 7.44. The molecular formula is C22H21N7O3. The number of rotatable bonds is 5. The SMILES string of the molecule is Cn1ncc2cc(-c3cc(Nc4ccc(C(=O)O)nc4)nc(N4CCOCC4)n3)ccc21. The minimum atomic E-state index is -1.07. The summed E-state index contributed by atoms with van der Waals surface area (Å²) < 4.78 is 7.30. The number of aromatic carboxylic acids is 1. The zero-order chi connectivity index (χ0) is 22.1. The van der Waals surface area contributed by atoms with Crippen molar-refractivity contribution in [1.82, 2.24) is 24.7 Å². The Balaban J connectivity index is 1.53. The zero-order valence-corrected chi connectivity index (χ0v) is 17.4. The summed E-state index contributed by atoms with van der Waals surface area (Å²) in [5.41, 5.74) is 3.38. The van der Waals surface area contributed by atoms with Crippen LogP contribution >= 0.6 is 0 Å². The number of fused-ring (bicyclic) bond motifs is 1. The Morgan fingerprint density at radius 3 is 2.69 bits per heavy atom. The summed E-state index contributed by atoms with van der Waals surface area (Å²) in [6.45, 7) is 2.66. The highest BCUT2D eigenvalue weighted by Crippen LogP contribution is 2.28. The number of pyridine rings is 1. The number of benzene rings is 1. The molecule has 162 valence electrons.